The Morgan fingerprint density at radius 3 is 1.36 bits per heavy atom. The van der Waals surface area contributed by atoms with Gasteiger partial charge < -0.3 is 118 Å². The van der Waals surface area contributed by atoms with Gasteiger partial charge in [0.15, 0.2) is 18.9 Å². The minimum absolute atomic E-state index is 0. The first-order valence-corrected chi connectivity index (χ1v) is 16.5. The molecule has 4 heterocycles. The van der Waals surface area contributed by atoms with Crippen molar-refractivity contribution < 1.29 is 236 Å². The molecule has 6 N–H and O–H groups in total. The number of aliphatic hydroxyl groups excluding tert-OH is 6. The summed E-state index contributed by atoms with van der Waals surface area (Å²) >= 11 is 0. The smallest absolute Gasteiger partial charge is 0.547 e. The second-order valence-corrected chi connectivity index (χ2v) is 12.9. The van der Waals surface area contributed by atoms with Crippen molar-refractivity contribution in [2.24, 2.45) is 5.92 Å². The summed E-state index contributed by atoms with van der Waals surface area (Å²) in [4.78, 5) is 47.5. The molecule has 24 nitrogen and oxygen atoms in total. The quantitative estimate of drug-likeness (QED) is 0.0657. The van der Waals surface area contributed by atoms with E-state index in [4.69, 9.17) is 47.4 Å². The van der Waals surface area contributed by atoms with Crippen LogP contribution in [0.2, 0.25) is 0 Å². The van der Waals surface area contributed by atoms with E-state index < -0.39 is 160 Å². The number of carboxylic acids is 4. The van der Waals surface area contributed by atoms with Crippen LogP contribution < -0.4 is 139 Å². The second kappa shape index (κ2) is 26.3. The Morgan fingerprint density at radius 2 is 0.879 bits per heavy atom. The molecule has 310 valence electrons. The zero-order valence-electron chi connectivity index (χ0n) is 33.0. The molecule has 0 spiro atoms. The predicted octanol–water partition coefficient (Wildman–Crippen LogP) is -23.0. The fourth-order valence-corrected chi connectivity index (χ4v) is 6.55. The number of aliphatic carboxylic acids is 4. The molecule has 4 saturated heterocycles. The van der Waals surface area contributed by atoms with Gasteiger partial charge in [0.25, 0.3) is 0 Å². The molecule has 20 atom stereocenters. The number of aliphatic hydroxyl groups is 6. The molecule has 0 aliphatic carbocycles. The Kier molecular flexibility index (Phi) is 26.8. The number of methoxy groups -OCH3 is 2. The SMILES string of the molecule is CO[C@H]1O[C@@H](C(=O)[O-])[C@H](O[C@@H]2OC(C(=O)[O-])[C@@H](C)[C@H](O)C2OCCOC2C(O)[C@@H](O[C@@H]3C(C(=O)[O-])O[C@@H](C)C(O)[C@H]3O)O[C@@H](C(=O)[O-])[C@@H]2OC)C(O)C1O.[Na+].[Na+].[Na+].[Na+]. The van der Waals surface area contributed by atoms with Crippen molar-refractivity contribution in [1.82, 2.24) is 0 Å². The van der Waals surface area contributed by atoms with Crippen LogP contribution in [-0.4, -0.2) is 198 Å². The number of rotatable bonds is 15. The van der Waals surface area contributed by atoms with Crippen LogP contribution in [0.25, 0.3) is 0 Å². The molecule has 0 aromatic heterocycles. The molecule has 0 radical (unpaired) electrons. The predicted molar refractivity (Wildman–Crippen MR) is 153 cm³/mol. The van der Waals surface area contributed by atoms with Crippen molar-refractivity contribution in [2.75, 3.05) is 27.4 Å². The number of ether oxygens (including phenoxy) is 10. The van der Waals surface area contributed by atoms with Gasteiger partial charge in [-0.05, 0) is 6.92 Å². The molecule has 0 saturated carbocycles. The van der Waals surface area contributed by atoms with E-state index >= 15 is 0 Å². The maximum absolute atomic E-state index is 12.0. The van der Waals surface area contributed by atoms with Gasteiger partial charge >= 0.3 is 118 Å². The second-order valence-electron chi connectivity index (χ2n) is 12.9. The van der Waals surface area contributed by atoms with E-state index in [1.54, 1.807) is 0 Å². The molecule has 0 aromatic rings. The molecule has 4 rings (SSSR count). The minimum Gasteiger partial charge on any atom is -0.547 e. The van der Waals surface area contributed by atoms with E-state index in [9.17, 15) is 70.2 Å². The maximum Gasteiger partial charge on any atom is 1.00 e. The van der Waals surface area contributed by atoms with Crippen LogP contribution in [0.4, 0.5) is 0 Å². The Balaban J connectivity index is 0.00000812. The standard InChI is InChI=1S/C30H46O24.4Na/c1-7-9(31)19(30(50-15(7)24(37)38)52-18-12(34)13(35)28(46-4)53-22(18)26(41)42)48-6-5-47-16-14(36)29(54-23(27(43)44)20(16)45-3)51-17-11(33)10(32)8(2)49-21(17)25(39)40;;;;/h7-23,28-36H,5-6H2,1-4H3,(H,37,38)(H,39,40)(H,41,42)(H,43,44);;;;/q;4*+1/p-4/t7-,8-,9-,10?,11+,12?,13?,14?,15?,16?,17-,18+,19?,20+,21?,22+,23+,28-,29-,30-;;;;/m0..../s1. The fourth-order valence-electron chi connectivity index (χ4n) is 6.55. The first-order chi connectivity index (χ1) is 25.4. The molecular weight excluding hydrogens is 836 g/mol. The summed E-state index contributed by atoms with van der Waals surface area (Å²) in [7, 11) is 2.07. The van der Waals surface area contributed by atoms with Gasteiger partial charge in [-0.1, -0.05) is 6.92 Å². The van der Waals surface area contributed by atoms with E-state index in [2.05, 4.69) is 0 Å². The Morgan fingerprint density at radius 1 is 0.466 bits per heavy atom. The zero-order chi connectivity index (χ0) is 40.3. The van der Waals surface area contributed by atoms with Crippen molar-refractivity contribution >= 4 is 23.9 Å². The van der Waals surface area contributed by atoms with Gasteiger partial charge in [-0.2, -0.15) is 0 Å². The normalized spacial score (nSPS) is 42.6. The molecule has 28 heteroatoms. The zero-order valence-corrected chi connectivity index (χ0v) is 41.0. The van der Waals surface area contributed by atoms with Gasteiger partial charge in [-0.3, -0.25) is 0 Å². The van der Waals surface area contributed by atoms with E-state index in [0.717, 1.165) is 14.2 Å². The molecule has 0 amide bonds. The number of hydrogen-bond acceptors (Lipinski definition) is 24. The van der Waals surface area contributed by atoms with Crippen LogP contribution in [0.5, 0.6) is 0 Å². The monoisotopic (exact) mass is 878 g/mol. The molecule has 8 unspecified atom stereocenters. The van der Waals surface area contributed by atoms with Crippen LogP contribution in [0.15, 0.2) is 0 Å². The molecular formula is C30H42Na4O24. The van der Waals surface area contributed by atoms with E-state index in [-0.39, 0.29) is 118 Å². The van der Waals surface area contributed by atoms with Crippen molar-refractivity contribution in [3.63, 3.8) is 0 Å². The summed E-state index contributed by atoms with van der Waals surface area (Å²) in [6.07, 6.45) is -35.4. The Bertz CT molecular complexity index is 1320. The first kappa shape index (κ1) is 59.2. The van der Waals surface area contributed by atoms with E-state index in [0.29, 0.717) is 0 Å². The average molecular weight is 879 g/mol. The fraction of sp³-hybridized carbons (Fsp3) is 0.867. The largest absolute Gasteiger partial charge is 1.00 e. The van der Waals surface area contributed by atoms with Crippen molar-refractivity contribution in [1.29, 1.82) is 0 Å². The molecule has 4 fully saturated rings. The van der Waals surface area contributed by atoms with Gasteiger partial charge in [-0.25, -0.2) is 0 Å². The summed E-state index contributed by atoms with van der Waals surface area (Å²) in [6.45, 7) is 1.27. The van der Waals surface area contributed by atoms with E-state index in [1.807, 2.05) is 0 Å². The van der Waals surface area contributed by atoms with Crippen LogP contribution in [0.1, 0.15) is 13.8 Å². The van der Waals surface area contributed by atoms with Crippen LogP contribution in [0, 0.1) is 5.92 Å². The molecule has 58 heavy (non-hydrogen) atoms. The first-order valence-electron chi connectivity index (χ1n) is 16.5. The van der Waals surface area contributed by atoms with E-state index in [1.165, 1.54) is 13.8 Å². The number of carbonyl (C=O) groups is 4. The molecule has 4 aliphatic heterocycles. The summed E-state index contributed by atoms with van der Waals surface area (Å²) in [5, 5.41) is 111. The summed E-state index contributed by atoms with van der Waals surface area (Å²) in [6, 6.07) is 0. The van der Waals surface area contributed by atoms with Crippen LogP contribution >= 0.6 is 0 Å². The number of hydrogen-bond donors (Lipinski definition) is 6. The van der Waals surface area contributed by atoms with Crippen molar-refractivity contribution in [3.05, 3.63) is 0 Å². The van der Waals surface area contributed by atoms with Gasteiger partial charge in [-0.15, -0.1) is 0 Å². The topological polar surface area (TPSA) is 374 Å². The number of carbonyl (C=O) groups excluding carboxylic acids is 4. The third kappa shape index (κ3) is 13.4. The third-order valence-electron chi connectivity index (χ3n) is 9.51. The molecule has 0 aromatic carbocycles. The Hall–Kier alpha value is 1.24. The van der Waals surface area contributed by atoms with Crippen molar-refractivity contribution in [3.8, 4) is 0 Å². The van der Waals surface area contributed by atoms with Gasteiger partial charge in [0.1, 0.15) is 85.5 Å². The summed E-state index contributed by atoms with van der Waals surface area (Å²) in [5.74, 6) is -8.79. The van der Waals surface area contributed by atoms with Gasteiger partial charge in [0, 0.05) is 20.1 Å². The minimum atomic E-state index is -2.12. The number of carboxylic acid groups (broad SMARTS) is 4. The Labute approximate surface area is 419 Å². The molecule has 0 bridgehead atoms. The van der Waals surface area contributed by atoms with Crippen LogP contribution in [-0.2, 0) is 66.5 Å². The van der Waals surface area contributed by atoms with Crippen molar-refractivity contribution in [2.45, 2.75) is 130 Å². The average Bonchev–Trinajstić information content (AvgIpc) is 3.11. The maximum atomic E-state index is 12.0. The summed E-state index contributed by atoms with van der Waals surface area (Å²) < 4.78 is 53.3. The van der Waals surface area contributed by atoms with Gasteiger partial charge in [0.2, 0.25) is 0 Å². The van der Waals surface area contributed by atoms with Crippen LogP contribution in [0.3, 0.4) is 0 Å². The third-order valence-corrected chi connectivity index (χ3v) is 9.51. The summed E-state index contributed by atoms with van der Waals surface area (Å²) in [5.41, 5.74) is 0. The van der Waals surface area contributed by atoms with Gasteiger partial charge in [0.05, 0.1) is 49.3 Å². The molecule has 4 aliphatic rings.